The van der Waals surface area contributed by atoms with E-state index in [1.54, 1.807) is 0 Å². The summed E-state index contributed by atoms with van der Waals surface area (Å²) in [5.74, 6) is 0.634. The third-order valence-corrected chi connectivity index (χ3v) is 5.02. The Morgan fingerprint density at radius 2 is 1.68 bits per heavy atom. The van der Waals surface area contributed by atoms with Crippen LogP contribution >= 0.6 is 0 Å². The summed E-state index contributed by atoms with van der Waals surface area (Å²) in [6.45, 7) is 5.00. The highest BCUT2D eigenvalue weighted by Crippen LogP contribution is 2.22. The van der Waals surface area contributed by atoms with Gasteiger partial charge >= 0.3 is 0 Å². The molecule has 1 aromatic carbocycles. The molecule has 0 saturated carbocycles. The van der Waals surface area contributed by atoms with E-state index in [1.165, 1.54) is 31.2 Å². The monoisotopic (exact) mass is 300 g/mol. The number of hydrogen-bond acceptors (Lipinski definition) is 2. The molecule has 0 aromatic heterocycles. The van der Waals surface area contributed by atoms with Gasteiger partial charge in [0, 0.05) is 26.2 Å². The Kier molecular flexibility index (Phi) is 5.49. The predicted molar refractivity (Wildman–Crippen MR) is 89.5 cm³/mol. The molecule has 120 valence electrons. The van der Waals surface area contributed by atoms with Gasteiger partial charge in [0.25, 0.3) is 0 Å². The summed E-state index contributed by atoms with van der Waals surface area (Å²) in [6, 6.07) is 10.6. The zero-order valence-corrected chi connectivity index (χ0v) is 13.5. The lowest BCUT2D eigenvalue weighted by Crippen LogP contribution is -2.44. The maximum absolute atomic E-state index is 12.8. The fourth-order valence-corrected chi connectivity index (χ4v) is 3.79. The lowest BCUT2D eigenvalue weighted by atomic mass is 9.96. The summed E-state index contributed by atoms with van der Waals surface area (Å²) in [6.07, 6.45) is 7.17. The van der Waals surface area contributed by atoms with Crippen LogP contribution in [0.5, 0.6) is 0 Å². The van der Waals surface area contributed by atoms with Crippen LogP contribution in [0, 0.1) is 5.92 Å². The first-order valence-corrected chi connectivity index (χ1v) is 8.88. The number of piperidine rings is 1. The summed E-state index contributed by atoms with van der Waals surface area (Å²) in [5.41, 5.74) is 1.35. The molecule has 2 saturated heterocycles. The molecular weight excluding hydrogens is 272 g/mol. The van der Waals surface area contributed by atoms with Crippen LogP contribution in [-0.4, -0.2) is 41.9 Å². The van der Waals surface area contributed by atoms with Gasteiger partial charge in [-0.15, -0.1) is 0 Å². The van der Waals surface area contributed by atoms with Crippen molar-refractivity contribution in [2.75, 3.05) is 26.2 Å². The lowest BCUT2D eigenvalue weighted by molar-refractivity contribution is -0.137. The third kappa shape index (κ3) is 4.10. The Bertz CT molecular complexity index is 466. The van der Waals surface area contributed by atoms with Gasteiger partial charge in [-0.1, -0.05) is 43.2 Å². The largest absolute Gasteiger partial charge is 0.342 e. The molecule has 0 bridgehead atoms. The second-order valence-electron chi connectivity index (χ2n) is 6.80. The average molecular weight is 300 g/mol. The van der Waals surface area contributed by atoms with Crippen LogP contribution < -0.4 is 0 Å². The minimum absolute atomic E-state index is 0.218. The van der Waals surface area contributed by atoms with Crippen molar-refractivity contribution in [3.63, 3.8) is 0 Å². The number of likely N-dealkylation sites (tertiary alicyclic amines) is 2. The van der Waals surface area contributed by atoms with Crippen LogP contribution in [0.25, 0.3) is 0 Å². The van der Waals surface area contributed by atoms with Crippen LogP contribution in [0.4, 0.5) is 0 Å². The van der Waals surface area contributed by atoms with E-state index in [-0.39, 0.29) is 5.92 Å². The summed E-state index contributed by atoms with van der Waals surface area (Å²) >= 11 is 0. The van der Waals surface area contributed by atoms with Crippen molar-refractivity contribution in [1.82, 2.24) is 9.80 Å². The number of benzene rings is 1. The van der Waals surface area contributed by atoms with E-state index in [9.17, 15) is 4.79 Å². The zero-order valence-electron chi connectivity index (χ0n) is 13.5. The summed E-state index contributed by atoms with van der Waals surface area (Å²) < 4.78 is 0. The van der Waals surface area contributed by atoms with Crippen molar-refractivity contribution in [3.8, 4) is 0 Å². The Morgan fingerprint density at radius 3 is 2.41 bits per heavy atom. The third-order valence-electron chi connectivity index (χ3n) is 5.02. The quantitative estimate of drug-likeness (QED) is 0.855. The number of hydrogen-bond donors (Lipinski definition) is 0. The van der Waals surface area contributed by atoms with Gasteiger partial charge in [-0.3, -0.25) is 9.69 Å². The molecule has 0 N–H and O–H groups in total. The first kappa shape index (κ1) is 15.5. The number of nitrogens with zero attached hydrogens (tertiary/aromatic N) is 2. The van der Waals surface area contributed by atoms with E-state index < -0.39 is 0 Å². The molecule has 2 fully saturated rings. The smallest absolute Gasteiger partial charge is 0.226 e. The first-order chi connectivity index (χ1) is 10.8. The summed E-state index contributed by atoms with van der Waals surface area (Å²) in [7, 11) is 0. The van der Waals surface area contributed by atoms with Crippen molar-refractivity contribution < 1.29 is 4.79 Å². The fourth-order valence-electron chi connectivity index (χ4n) is 3.79. The average Bonchev–Trinajstić information content (AvgIpc) is 2.85. The lowest BCUT2D eigenvalue weighted by Gasteiger charge is -2.34. The molecule has 22 heavy (non-hydrogen) atoms. The highest BCUT2D eigenvalue weighted by Gasteiger charge is 2.29. The molecule has 1 amide bonds. The standard InChI is InChI=1S/C19H28N2O/c22-19(21-13-6-1-2-7-14-21)18-11-8-12-20(16-18)15-17-9-4-3-5-10-17/h3-5,9-10,18H,1-2,6-8,11-16H2/t18-/m0/s1. The molecule has 0 aliphatic carbocycles. The Labute approximate surface area is 134 Å². The maximum atomic E-state index is 12.8. The topological polar surface area (TPSA) is 23.6 Å². The fraction of sp³-hybridized carbons (Fsp3) is 0.632. The number of carbonyl (C=O) groups is 1. The Balaban J connectivity index is 1.56. The Hall–Kier alpha value is -1.35. The van der Waals surface area contributed by atoms with Crippen LogP contribution in [0.2, 0.25) is 0 Å². The molecule has 3 rings (SSSR count). The van der Waals surface area contributed by atoms with Gasteiger partial charge in [-0.2, -0.15) is 0 Å². The van der Waals surface area contributed by atoms with Gasteiger partial charge in [-0.05, 0) is 37.8 Å². The van der Waals surface area contributed by atoms with Crippen molar-refractivity contribution in [1.29, 1.82) is 0 Å². The second-order valence-corrected chi connectivity index (χ2v) is 6.80. The van der Waals surface area contributed by atoms with Gasteiger partial charge < -0.3 is 4.90 Å². The van der Waals surface area contributed by atoms with Gasteiger partial charge in [0.1, 0.15) is 0 Å². The molecule has 2 heterocycles. The van der Waals surface area contributed by atoms with Gasteiger partial charge in [0.15, 0.2) is 0 Å². The van der Waals surface area contributed by atoms with Gasteiger partial charge in [0.05, 0.1) is 5.92 Å². The van der Waals surface area contributed by atoms with Crippen molar-refractivity contribution >= 4 is 5.91 Å². The zero-order chi connectivity index (χ0) is 15.2. The van der Waals surface area contributed by atoms with E-state index in [4.69, 9.17) is 0 Å². The predicted octanol–water partition coefficient (Wildman–Crippen LogP) is 3.30. The van der Waals surface area contributed by atoms with E-state index in [0.29, 0.717) is 5.91 Å². The molecule has 2 aliphatic rings. The molecule has 3 nitrogen and oxygen atoms in total. The molecule has 1 aromatic rings. The van der Waals surface area contributed by atoms with E-state index in [2.05, 4.69) is 40.1 Å². The second kappa shape index (κ2) is 7.77. The number of carbonyl (C=O) groups excluding carboxylic acids is 1. The highest BCUT2D eigenvalue weighted by molar-refractivity contribution is 5.79. The van der Waals surface area contributed by atoms with E-state index in [1.807, 2.05) is 0 Å². The van der Waals surface area contributed by atoms with Gasteiger partial charge in [-0.25, -0.2) is 0 Å². The Morgan fingerprint density at radius 1 is 0.955 bits per heavy atom. The summed E-state index contributed by atoms with van der Waals surface area (Å²) in [5, 5.41) is 0. The highest BCUT2D eigenvalue weighted by atomic mass is 16.2. The normalized spacial score (nSPS) is 24.0. The molecule has 1 atom stereocenters. The molecule has 3 heteroatoms. The SMILES string of the molecule is O=C([C@H]1CCCN(Cc2ccccc2)C1)N1CCCCCC1. The van der Waals surface area contributed by atoms with Crippen LogP contribution in [0.1, 0.15) is 44.1 Å². The molecular formula is C19H28N2O. The minimum Gasteiger partial charge on any atom is -0.342 e. The number of rotatable bonds is 3. The van der Waals surface area contributed by atoms with E-state index in [0.717, 1.165) is 45.6 Å². The van der Waals surface area contributed by atoms with Crippen molar-refractivity contribution in [2.45, 2.75) is 45.1 Å². The summed E-state index contributed by atoms with van der Waals surface area (Å²) in [4.78, 5) is 17.4. The molecule has 0 unspecified atom stereocenters. The van der Waals surface area contributed by atoms with Crippen LogP contribution in [0.3, 0.4) is 0 Å². The molecule has 0 radical (unpaired) electrons. The molecule has 2 aliphatic heterocycles. The van der Waals surface area contributed by atoms with Crippen LogP contribution in [-0.2, 0) is 11.3 Å². The van der Waals surface area contributed by atoms with E-state index >= 15 is 0 Å². The number of amides is 1. The minimum atomic E-state index is 0.218. The van der Waals surface area contributed by atoms with Crippen molar-refractivity contribution in [3.05, 3.63) is 35.9 Å². The van der Waals surface area contributed by atoms with Crippen LogP contribution in [0.15, 0.2) is 30.3 Å². The molecule has 0 spiro atoms. The first-order valence-electron chi connectivity index (χ1n) is 8.88. The maximum Gasteiger partial charge on any atom is 0.226 e. The van der Waals surface area contributed by atoms with Crippen molar-refractivity contribution in [2.24, 2.45) is 5.92 Å². The van der Waals surface area contributed by atoms with Gasteiger partial charge in [0.2, 0.25) is 5.91 Å².